The van der Waals surface area contributed by atoms with Crippen LogP contribution in [0.15, 0.2) is 101 Å². The zero-order chi connectivity index (χ0) is 28.5. The van der Waals surface area contributed by atoms with Gasteiger partial charge in [0.15, 0.2) is 15.9 Å². The molecule has 10 heteroatoms. The van der Waals surface area contributed by atoms with Crippen molar-refractivity contribution in [2.24, 2.45) is 0 Å². The van der Waals surface area contributed by atoms with Crippen LogP contribution in [0.3, 0.4) is 0 Å². The van der Waals surface area contributed by atoms with Crippen molar-refractivity contribution in [2.75, 3.05) is 12.0 Å². The summed E-state index contributed by atoms with van der Waals surface area (Å²) in [6, 6.07) is 26.0. The second kappa shape index (κ2) is 11.1. The number of halogens is 1. The standard InChI is InChI=1S/C31H22FN3O4S2/c1-39-24-15-14-20(16-23(24)32)27(36)25-26(19-9-3-2-4-10-19)35(29(38)28(25)37)30-33-34-31(41-30)40-17-21-12-7-11-18-8-5-6-13-22(18)21/h2-16,26,36H,17H2,1H3/b27-25-. The minimum absolute atomic E-state index is 0.0102. The summed E-state index contributed by atoms with van der Waals surface area (Å²) in [5.41, 5.74) is 1.61. The van der Waals surface area contributed by atoms with Gasteiger partial charge >= 0.3 is 5.91 Å². The van der Waals surface area contributed by atoms with E-state index in [1.165, 1.54) is 47.2 Å². The number of amides is 1. The van der Waals surface area contributed by atoms with Gasteiger partial charge in [-0.25, -0.2) is 4.39 Å². The topological polar surface area (TPSA) is 92.6 Å². The average molecular weight is 584 g/mol. The van der Waals surface area contributed by atoms with Crippen LogP contribution in [0.1, 0.15) is 22.7 Å². The highest BCUT2D eigenvalue weighted by molar-refractivity contribution is 8.00. The molecule has 1 atom stereocenters. The van der Waals surface area contributed by atoms with Crippen molar-refractivity contribution in [1.29, 1.82) is 0 Å². The van der Waals surface area contributed by atoms with E-state index in [4.69, 9.17) is 4.74 Å². The van der Waals surface area contributed by atoms with Crippen molar-refractivity contribution in [3.05, 3.63) is 119 Å². The molecule has 204 valence electrons. The third-order valence-corrected chi connectivity index (χ3v) is 8.92. The number of benzene rings is 4. The van der Waals surface area contributed by atoms with Gasteiger partial charge in [-0.15, -0.1) is 10.2 Å². The molecule has 4 aromatic carbocycles. The molecule has 1 aliphatic rings. The fourth-order valence-corrected chi connectivity index (χ4v) is 6.74. The van der Waals surface area contributed by atoms with Crippen molar-refractivity contribution in [2.45, 2.75) is 16.1 Å². The number of ether oxygens (including phenoxy) is 1. The molecule has 1 amide bonds. The maximum Gasteiger partial charge on any atom is 0.301 e. The number of aliphatic hydroxyl groups excluding tert-OH is 1. The summed E-state index contributed by atoms with van der Waals surface area (Å²) in [7, 11) is 1.33. The molecule has 0 radical (unpaired) electrons. The van der Waals surface area contributed by atoms with Crippen LogP contribution in [-0.2, 0) is 15.3 Å². The van der Waals surface area contributed by atoms with Gasteiger partial charge in [0.1, 0.15) is 5.76 Å². The molecular formula is C31H22FN3O4S2. The summed E-state index contributed by atoms with van der Waals surface area (Å²) >= 11 is 2.67. The normalized spacial score (nSPS) is 16.4. The van der Waals surface area contributed by atoms with Crippen LogP contribution >= 0.6 is 23.1 Å². The molecule has 2 heterocycles. The SMILES string of the molecule is COc1ccc(/C(O)=C2/C(=O)C(=O)N(c3nnc(SCc4cccc5ccccc45)s3)C2c2ccccc2)cc1F. The van der Waals surface area contributed by atoms with E-state index in [1.807, 2.05) is 24.3 Å². The molecule has 1 aliphatic heterocycles. The van der Waals surface area contributed by atoms with Crippen LogP contribution < -0.4 is 9.64 Å². The number of aliphatic hydroxyl groups is 1. The van der Waals surface area contributed by atoms with Crippen molar-refractivity contribution in [3.63, 3.8) is 0 Å². The average Bonchev–Trinajstić information content (AvgIpc) is 3.57. The highest BCUT2D eigenvalue weighted by atomic mass is 32.2. The van der Waals surface area contributed by atoms with Crippen LogP contribution in [0, 0.1) is 5.82 Å². The monoisotopic (exact) mass is 583 g/mol. The lowest BCUT2D eigenvalue weighted by Crippen LogP contribution is -2.29. The number of methoxy groups -OCH3 is 1. The van der Waals surface area contributed by atoms with Crippen LogP contribution in [0.4, 0.5) is 9.52 Å². The summed E-state index contributed by atoms with van der Waals surface area (Å²) in [6.45, 7) is 0. The number of carbonyl (C=O) groups is 2. The van der Waals surface area contributed by atoms with E-state index >= 15 is 0 Å². The number of hydrogen-bond acceptors (Lipinski definition) is 8. The van der Waals surface area contributed by atoms with Crippen LogP contribution in [0.2, 0.25) is 0 Å². The fraction of sp³-hybridized carbons (Fsp3) is 0.0968. The molecule has 1 unspecified atom stereocenters. The zero-order valence-corrected chi connectivity index (χ0v) is 23.3. The second-order valence-electron chi connectivity index (χ2n) is 9.21. The third-order valence-electron chi connectivity index (χ3n) is 6.82. The van der Waals surface area contributed by atoms with Gasteiger partial charge in [0.05, 0.1) is 18.7 Å². The first-order valence-electron chi connectivity index (χ1n) is 12.6. The first-order chi connectivity index (χ1) is 20.0. The van der Waals surface area contributed by atoms with Crippen LogP contribution in [0.5, 0.6) is 5.75 Å². The van der Waals surface area contributed by atoms with E-state index in [2.05, 4.69) is 34.5 Å². The zero-order valence-electron chi connectivity index (χ0n) is 21.7. The minimum atomic E-state index is -0.981. The molecule has 1 N–H and O–H groups in total. The van der Waals surface area contributed by atoms with Crippen LogP contribution in [0.25, 0.3) is 16.5 Å². The Labute approximate surface area is 242 Å². The van der Waals surface area contributed by atoms with E-state index in [1.54, 1.807) is 24.3 Å². The Bertz CT molecular complexity index is 1820. The molecule has 0 aliphatic carbocycles. The molecule has 0 spiro atoms. The lowest BCUT2D eigenvalue weighted by molar-refractivity contribution is -0.132. The lowest BCUT2D eigenvalue weighted by Gasteiger charge is -2.22. The molecule has 6 rings (SSSR count). The quantitative estimate of drug-likeness (QED) is 0.0744. The number of fused-ring (bicyclic) bond motifs is 1. The Morgan fingerprint density at radius 2 is 1.76 bits per heavy atom. The Kier molecular flexibility index (Phi) is 7.25. The highest BCUT2D eigenvalue weighted by Crippen LogP contribution is 2.44. The highest BCUT2D eigenvalue weighted by Gasteiger charge is 2.48. The summed E-state index contributed by atoms with van der Waals surface area (Å²) in [5, 5.41) is 22.3. The van der Waals surface area contributed by atoms with E-state index in [0.29, 0.717) is 15.7 Å². The molecule has 7 nitrogen and oxygen atoms in total. The largest absolute Gasteiger partial charge is 0.507 e. The number of nitrogens with zero attached hydrogens (tertiary/aromatic N) is 3. The predicted octanol–water partition coefficient (Wildman–Crippen LogP) is 6.76. The molecular weight excluding hydrogens is 561 g/mol. The summed E-state index contributed by atoms with van der Waals surface area (Å²) in [4.78, 5) is 28.0. The van der Waals surface area contributed by atoms with E-state index < -0.39 is 29.3 Å². The molecule has 0 saturated carbocycles. The smallest absolute Gasteiger partial charge is 0.301 e. The third kappa shape index (κ3) is 4.96. The number of thioether (sulfide) groups is 1. The predicted molar refractivity (Wildman–Crippen MR) is 158 cm³/mol. The number of carbonyl (C=O) groups excluding carboxylic acids is 2. The molecule has 1 aromatic heterocycles. The van der Waals surface area contributed by atoms with Gasteiger partial charge in [-0.2, -0.15) is 0 Å². The van der Waals surface area contributed by atoms with Gasteiger partial charge in [0, 0.05) is 11.3 Å². The van der Waals surface area contributed by atoms with Crippen molar-refractivity contribution < 1.29 is 23.8 Å². The number of rotatable bonds is 7. The summed E-state index contributed by atoms with van der Waals surface area (Å²) < 4.78 is 20.1. The Balaban J connectivity index is 1.36. The van der Waals surface area contributed by atoms with Crippen molar-refractivity contribution in [3.8, 4) is 5.75 Å². The summed E-state index contributed by atoms with van der Waals surface area (Å²) in [5.74, 6) is -2.32. The Hall–Kier alpha value is -4.54. The van der Waals surface area contributed by atoms with E-state index in [-0.39, 0.29) is 22.0 Å². The number of Topliss-reactive ketones (excluding diaryl/α,β-unsaturated/α-hetero) is 1. The van der Waals surface area contributed by atoms with E-state index in [9.17, 15) is 19.1 Å². The molecule has 1 saturated heterocycles. The van der Waals surface area contributed by atoms with Gasteiger partial charge in [-0.05, 0) is 40.1 Å². The maximum atomic E-state index is 14.5. The van der Waals surface area contributed by atoms with Gasteiger partial charge in [-0.1, -0.05) is 95.9 Å². The minimum Gasteiger partial charge on any atom is -0.507 e. The number of ketones is 1. The molecule has 1 fully saturated rings. The fourth-order valence-electron chi connectivity index (χ4n) is 4.87. The van der Waals surface area contributed by atoms with Gasteiger partial charge < -0.3 is 9.84 Å². The van der Waals surface area contributed by atoms with Crippen molar-refractivity contribution in [1.82, 2.24) is 10.2 Å². The molecule has 5 aromatic rings. The van der Waals surface area contributed by atoms with Gasteiger partial charge in [0.25, 0.3) is 5.78 Å². The lowest BCUT2D eigenvalue weighted by atomic mass is 9.95. The second-order valence-corrected chi connectivity index (χ2v) is 11.4. The Morgan fingerprint density at radius 3 is 2.54 bits per heavy atom. The molecule has 0 bridgehead atoms. The summed E-state index contributed by atoms with van der Waals surface area (Å²) in [6.07, 6.45) is 0. The number of aromatic nitrogens is 2. The van der Waals surface area contributed by atoms with Gasteiger partial charge in [-0.3, -0.25) is 14.5 Å². The van der Waals surface area contributed by atoms with Crippen LogP contribution in [-0.4, -0.2) is 34.1 Å². The Morgan fingerprint density at radius 1 is 1.00 bits per heavy atom. The van der Waals surface area contributed by atoms with Crippen molar-refractivity contribution >= 4 is 56.5 Å². The first kappa shape index (κ1) is 26.7. The number of hydrogen-bond donors (Lipinski definition) is 1. The first-order valence-corrected chi connectivity index (χ1v) is 14.4. The van der Waals surface area contributed by atoms with E-state index in [0.717, 1.165) is 22.4 Å². The molecule has 41 heavy (non-hydrogen) atoms. The maximum absolute atomic E-state index is 14.5. The van der Waals surface area contributed by atoms with Gasteiger partial charge in [0.2, 0.25) is 5.13 Å². The number of anilines is 1.